The van der Waals surface area contributed by atoms with Gasteiger partial charge in [0.1, 0.15) is 5.82 Å². The predicted molar refractivity (Wildman–Crippen MR) is 109 cm³/mol. The summed E-state index contributed by atoms with van der Waals surface area (Å²) in [6.07, 6.45) is 3.52. The van der Waals surface area contributed by atoms with Gasteiger partial charge in [-0.3, -0.25) is 15.0 Å². The third kappa shape index (κ3) is 5.10. The summed E-state index contributed by atoms with van der Waals surface area (Å²) in [5, 5.41) is 10.2. The van der Waals surface area contributed by atoms with Crippen LogP contribution >= 0.6 is 11.8 Å². The summed E-state index contributed by atoms with van der Waals surface area (Å²) in [5.74, 6) is 0.653. The topological polar surface area (TPSA) is 71.8 Å². The average Bonchev–Trinajstić information content (AvgIpc) is 2.97. The van der Waals surface area contributed by atoms with Crippen LogP contribution in [-0.2, 0) is 12.5 Å². The van der Waals surface area contributed by atoms with Crippen molar-refractivity contribution >= 4 is 29.3 Å². The summed E-state index contributed by atoms with van der Waals surface area (Å²) in [5.41, 5.74) is 1.58. The monoisotopic (exact) mass is 381 g/mol. The van der Waals surface area contributed by atoms with Crippen LogP contribution in [0.1, 0.15) is 26.5 Å². The van der Waals surface area contributed by atoms with Crippen molar-refractivity contribution < 1.29 is 4.79 Å². The number of nitrogens with zero attached hydrogens (tertiary/aromatic N) is 3. The van der Waals surface area contributed by atoms with Crippen LogP contribution < -0.4 is 10.6 Å². The SMILES string of the molecule is Cn1nc(C(C)(C)C)cc1NC(=O)Nc1cccc(Sc2ccncc2)c1. The zero-order chi connectivity index (χ0) is 19.4. The normalized spacial score (nSPS) is 11.3. The van der Waals surface area contributed by atoms with Gasteiger partial charge in [-0.2, -0.15) is 5.10 Å². The summed E-state index contributed by atoms with van der Waals surface area (Å²) < 4.78 is 1.68. The van der Waals surface area contributed by atoms with E-state index in [0.717, 1.165) is 21.2 Å². The molecule has 140 valence electrons. The molecule has 0 fully saturated rings. The number of pyridine rings is 1. The third-order valence-electron chi connectivity index (χ3n) is 3.87. The number of urea groups is 1. The van der Waals surface area contributed by atoms with Crippen LogP contribution in [-0.4, -0.2) is 20.8 Å². The van der Waals surface area contributed by atoms with Gasteiger partial charge in [0.25, 0.3) is 0 Å². The molecule has 7 heteroatoms. The lowest BCUT2D eigenvalue weighted by atomic mass is 9.92. The van der Waals surface area contributed by atoms with E-state index in [2.05, 4.69) is 41.5 Å². The molecule has 0 saturated heterocycles. The number of hydrogen-bond acceptors (Lipinski definition) is 4. The number of hydrogen-bond donors (Lipinski definition) is 2. The van der Waals surface area contributed by atoms with Gasteiger partial charge in [-0.1, -0.05) is 38.6 Å². The van der Waals surface area contributed by atoms with Crippen LogP contribution in [0.5, 0.6) is 0 Å². The molecule has 2 amide bonds. The van der Waals surface area contributed by atoms with Gasteiger partial charge in [-0.05, 0) is 30.3 Å². The van der Waals surface area contributed by atoms with Gasteiger partial charge in [0.05, 0.1) is 5.69 Å². The van der Waals surface area contributed by atoms with E-state index in [4.69, 9.17) is 0 Å². The van der Waals surface area contributed by atoms with Crippen LogP contribution in [0.25, 0.3) is 0 Å². The van der Waals surface area contributed by atoms with Gasteiger partial charge in [0, 0.05) is 46.4 Å². The number of amides is 2. The zero-order valence-corrected chi connectivity index (χ0v) is 16.7. The molecule has 3 rings (SSSR count). The van der Waals surface area contributed by atoms with Crippen LogP contribution in [0.15, 0.2) is 64.6 Å². The molecular weight excluding hydrogens is 358 g/mol. The standard InChI is InChI=1S/C20H23N5OS/c1-20(2,3)17-13-18(25(4)24-17)23-19(26)22-14-6-5-7-16(12-14)27-15-8-10-21-11-9-15/h5-13H,1-4H3,(H2,22,23,26). The maximum atomic E-state index is 12.4. The first-order valence-electron chi connectivity index (χ1n) is 8.62. The molecule has 0 spiro atoms. The van der Waals surface area contributed by atoms with E-state index in [0.29, 0.717) is 5.82 Å². The highest BCUT2D eigenvalue weighted by atomic mass is 32.2. The lowest BCUT2D eigenvalue weighted by Crippen LogP contribution is -2.21. The Balaban J connectivity index is 1.66. The predicted octanol–water partition coefficient (Wildman–Crippen LogP) is 4.91. The second-order valence-electron chi connectivity index (χ2n) is 7.18. The Morgan fingerprint density at radius 1 is 1.04 bits per heavy atom. The molecule has 3 aromatic rings. The number of carbonyl (C=O) groups excluding carboxylic acids is 1. The van der Waals surface area contributed by atoms with E-state index in [1.54, 1.807) is 28.8 Å². The highest BCUT2D eigenvalue weighted by Crippen LogP contribution is 2.29. The lowest BCUT2D eigenvalue weighted by Gasteiger charge is -2.13. The molecule has 6 nitrogen and oxygen atoms in total. The molecule has 0 unspecified atom stereocenters. The van der Waals surface area contributed by atoms with E-state index in [1.165, 1.54) is 0 Å². The van der Waals surface area contributed by atoms with E-state index < -0.39 is 0 Å². The number of aryl methyl sites for hydroxylation is 1. The highest BCUT2D eigenvalue weighted by Gasteiger charge is 2.19. The van der Waals surface area contributed by atoms with Crippen LogP contribution in [0.2, 0.25) is 0 Å². The number of nitrogens with one attached hydrogen (secondary N) is 2. The van der Waals surface area contributed by atoms with Crippen molar-refractivity contribution in [2.75, 3.05) is 10.6 Å². The molecular formula is C20H23N5OS. The summed E-state index contributed by atoms with van der Waals surface area (Å²) in [6, 6.07) is 13.2. The number of anilines is 2. The van der Waals surface area contributed by atoms with Gasteiger partial charge >= 0.3 is 6.03 Å². The van der Waals surface area contributed by atoms with Crippen molar-refractivity contribution in [3.8, 4) is 0 Å². The molecule has 0 saturated carbocycles. The maximum Gasteiger partial charge on any atom is 0.324 e. The first kappa shape index (κ1) is 19.0. The van der Waals surface area contributed by atoms with E-state index >= 15 is 0 Å². The van der Waals surface area contributed by atoms with Crippen molar-refractivity contribution in [1.29, 1.82) is 0 Å². The highest BCUT2D eigenvalue weighted by molar-refractivity contribution is 7.99. The Morgan fingerprint density at radius 3 is 2.44 bits per heavy atom. The Bertz CT molecular complexity index is 931. The second-order valence-corrected chi connectivity index (χ2v) is 8.33. The number of rotatable bonds is 4. The van der Waals surface area contributed by atoms with E-state index in [9.17, 15) is 4.79 Å². The van der Waals surface area contributed by atoms with Crippen molar-refractivity contribution in [3.63, 3.8) is 0 Å². The Kier molecular flexibility index (Phi) is 5.51. The minimum Gasteiger partial charge on any atom is -0.308 e. The van der Waals surface area contributed by atoms with Gasteiger partial charge in [-0.15, -0.1) is 0 Å². The largest absolute Gasteiger partial charge is 0.324 e. The molecule has 0 aliphatic carbocycles. The summed E-state index contributed by atoms with van der Waals surface area (Å²) in [6.45, 7) is 6.27. The summed E-state index contributed by atoms with van der Waals surface area (Å²) in [4.78, 5) is 18.5. The van der Waals surface area contributed by atoms with Gasteiger partial charge in [0.2, 0.25) is 0 Å². The molecule has 0 radical (unpaired) electrons. The van der Waals surface area contributed by atoms with Gasteiger partial charge in [-0.25, -0.2) is 4.79 Å². The molecule has 0 aliphatic rings. The molecule has 0 bridgehead atoms. The van der Waals surface area contributed by atoms with Crippen LogP contribution in [0.4, 0.5) is 16.3 Å². The fraction of sp³-hybridized carbons (Fsp3) is 0.250. The van der Waals surface area contributed by atoms with Gasteiger partial charge in [0.15, 0.2) is 0 Å². The Labute approximate surface area is 163 Å². The molecule has 27 heavy (non-hydrogen) atoms. The lowest BCUT2D eigenvalue weighted by molar-refractivity contribution is 0.262. The van der Waals surface area contributed by atoms with Gasteiger partial charge < -0.3 is 5.32 Å². The zero-order valence-electron chi connectivity index (χ0n) is 15.9. The van der Waals surface area contributed by atoms with Crippen LogP contribution in [0.3, 0.4) is 0 Å². The van der Waals surface area contributed by atoms with Crippen molar-refractivity contribution in [1.82, 2.24) is 14.8 Å². The number of aromatic nitrogens is 3. The molecule has 1 aromatic carbocycles. The average molecular weight is 382 g/mol. The number of carbonyl (C=O) groups is 1. The quantitative estimate of drug-likeness (QED) is 0.674. The molecule has 2 aromatic heterocycles. The fourth-order valence-electron chi connectivity index (χ4n) is 2.41. The second kappa shape index (κ2) is 7.84. The summed E-state index contributed by atoms with van der Waals surface area (Å²) >= 11 is 1.62. The minimum atomic E-state index is -0.301. The van der Waals surface area contributed by atoms with Crippen LogP contribution in [0, 0.1) is 0 Å². The molecule has 2 N–H and O–H groups in total. The Morgan fingerprint density at radius 2 is 1.78 bits per heavy atom. The van der Waals surface area contributed by atoms with E-state index in [-0.39, 0.29) is 11.4 Å². The number of benzene rings is 1. The molecule has 0 atom stereocenters. The molecule has 0 aliphatic heterocycles. The Hall–Kier alpha value is -2.80. The first-order valence-corrected chi connectivity index (χ1v) is 9.43. The van der Waals surface area contributed by atoms with Crippen molar-refractivity contribution in [2.24, 2.45) is 7.05 Å². The van der Waals surface area contributed by atoms with E-state index in [1.807, 2.05) is 49.5 Å². The van der Waals surface area contributed by atoms with Crippen molar-refractivity contribution in [3.05, 3.63) is 60.6 Å². The third-order valence-corrected chi connectivity index (χ3v) is 4.86. The smallest absolute Gasteiger partial charge is 0.308 e. The molecule has 2 heterocycles. The summed E-state index contributed by atoms with van der Waals surface area (Å²) in [7, 11) is 1.82. The maximum absolute atomic E-state index is 12.4. The fourth-order valence-corrected chi connectivity index (χ4v) is 3.27. The van der Waals surface area contributed by atoms with Crippen molar-refractivity contribution in [2.45, 2.75) is 36.0 Å². The first-order chi connectivity index (χ1) is 12.8. The minimum absolute atomic E-state index is 0.0767.